The summed E-state index contributed by atoms with van der Waals surface area (Å²) in [6, 6.07) is 10.2. The van der Waals surface area contributed by atoms with E-state index < -0.39 is 15.4 Å². The summed E-state index contributed by atoms with van der Waals surface area (Å²) in [5, 5.41) is 10.7. The summed E-state index contributed by atoms with van der Waals surface area (Å²) in [6.07, 6.45) is 14.3. The van der Waals surface area contributed by atoms with Crippen LogP contribution in [0.4, 0.5) is 0 Å². The second kappa shape index (κ2) is 9.51. The molecule has 11 heteroatoms. The van der Waals surface area contributed by atoms with Gasteiger partial charge in [0.05, 0.1) is 10.9 Å². The van der Waals surface area contributed by atoms with Crippen molar-refractivity contribution in [1.29, 1.82) is 0 Å². The van der Waals surface area contributed by atoms with Gasteiger partial charge < -0.3 is 0 Å². The van der Waals surface area contributed by atoms with Crippen LogP contribution in [0.5, 0.6) is 0 Å². The lowest BCUT2D eigenvalue weighted by Crippen LogP contribution is -2.38. The first-order chi connectivity index (χ1) is 18.4. The molecule has 7 rings (SSSR count). The summed E-state index contributed by atoms with van der Waals surface area (Å²) in [7, 11) is -4.17. The molecule has 10 nitrogen and oxygen atoms in total. The van der Waals surface area contributed by atoms with Crippen LogP contribution in [0.15, 0.2) is 68.7 Å². The molecule has 0 radical (unpaired) electrons. The van der Waals surface area contributed by atoms with E-state index in [0.29, 0.717) is 18.7 Å². The Hall–Kier alpha value is -4.35. The fourth-order valence-electron chi connectivity index (χ4n) is 5.21. The van der Waals surface area contributed by atoms with Crippen molar-refractivity contribution in [3.63, 3.8) is 0 Å². The number of carbonyl (C=O) groups is 1. The molecule has 1 aromatic heterocycles. The van der Waals surface area contributed by atoms with Crippen molar-refractivity contribution in [3.8, 4) is 0 Å². The first kappa shape index (κ1) is 24.0. The second-order valence-electron chi connectivity index (χ2n) is 9.25. The van der Waals surface area contributed by atoms with Gasteiger partial charge >= 0.3 is 5.91 Å². The van der Waals surface area contributed by atoms with Crippen molar-refractivity contribution in [1.82, 2.24) is 10.2 Å². The summed E-state index contributed by atoms with van der Waals surface area (Å²) in [5.41, 5.74) is 3.28. The van der Waals surface area contributed by atoms with E-state index in [1.807, 2.05) is 18.2 Å². The van der Waals surface area contributed by atoms with Crippen molar-refractivity contribution in [2.45, 2.75) is 24.5 Å². The van der Waals surface area contributed by atoms with Crippen molar-refractivity contribution in [3.05, 3.63) is 75.9 Å². The van der Waals surface area contributed by atoms with Gasteiger partial charge in [0.1, 0.15) is 12.7 Å². The monoisotopic (exact) mass is 526 g/mol. The number of aliphatic imine (C=N–C) groups is 4. The minimum atomic E-state index is -4.17. The minimum Gasteiger partial charge on any atom is -0.285 e. The van der Waals surface area contributed by atoms with Gasteiger partial charge in [0.2, 0.25) is 0 Å². The largest absolute Gasteiger partial charge is 0.301 e. The topological polar surface area (TPSA) is 150 Å². The molecule has 38 heavy (non-hydrogen) atoms. The van der Waals surface area contributed by atoms with Crippen LogP contribution in [0.2, 0.25) is 0 Å². The number of aromatic nitrogens is 2. The lowest BCUT2D eigenvalue weighted by atomic mass is 9.85. The summed E-state index contributed by atoms with van der Waals surface area (Å²) in [6.45, 7) is 0. The maximum Gasteiger partial charge on any atom is 0.301 e. The quantitative estimate of drug-likeness (QED) is 0.494. The van der Waals surface area contributed by atoms with Crippen molar-refractivity contribution in [2.75, 3.05) is 0 Å². The molecule has 0 bridgehead atoms. The molecule has 0 spiro atoms. The fraction of sp³-hybridized carbons (Fsp3) is 0.185. The zero-order chi connectivity index (χ0) is 26.3. The Kier molecular flexibility index (Phi) is 6.01. The van der Waals surface area contributed by atoms with Gasteiger partial charge in [-0.2, -0.15) is 18.5 Å². The number of hydrogen-bond donors (Lipinski definition) is 2. The number of aromatic amines is 1. The minimum absolute atomic E-state index is 0.238. The number of H-pyrrole nitrogens is 1. The van der Waals surface area contributed by atoms with Gasteiger partial charge in [0, 0.05) is 12.1 Å². The number of carbonyl (C=O) groups excluding carboxylic acids is 1. The number of nitrogens with zero attached hydrogens (tertiary/aromatic N) is 5. The molecule has 0 saturated heterocycles. The van der Waals surface area contributed by atoms with Crippen molar-refractivity contribution in [2.24, 2.45) is 25.9 Å². The van der Waals surface area contributed by atoms with Crippen LogP contribution >= 0.6 is 0 Å². The number of fused-ring (bicyclic) bond motifs is 6. The number of amidine groups is 1. The van der Waals surface area contributed by atoms with Gasteiger partial charge in [-0.05, 0) is 57.7 Å². The predicted molar refractivity (Wildman–Crippen MR) is 147 cm³/mol. The van der Waals surface area contributed by atoms with Gasteiger partial charge in [0.25, 0.3) is 10.1 Å². The second-order valence-corrected chi connectivity index (χ2v) is 10.9. The van der Waals surface area contributed by atoms with Gasteiger partial charge in [-0.15, -0.1) is 0 Å². The number of amides is 1. The Labute approximate surface area is 217 Å². The molecule has 0 saturated carbocycles. The molecule has 2 N–H and O–H groups in total. The smallest absolute Gasteiger partial charge is 0.285 e. The lowest BCUT2D eigenvalue weighted by Gasteiger charge is -2.27. The van der Waals surface area contributed by atoms with Crippen LogP contribution in [-0.2, 0) is 34.2 Å². The first-order valence-corrected chi connectivity index (χ1v) is 13.5. The Morgan fingerprint density at radius 1 is 0.974 bits per heavy atom. The van der Waals surface area contributed by atoms with Gasteiger partial charge in [0.15, 0.2) is 11.5 Å². The number of hydrogen-bond acceptors (Lipinski definition) is 7. The number of allylic oxidation sites excluding steroid dienone is 2. The standard InChI is InChI=1S/C22H20N2O3S.C5H2N4O/c25-28(26,27)22-13-15-6-8-19-18-4-2-1-3-14(18)5-7-20(19)21(15)12-16(22)11-17-9-10-23-24-17;10-5-3-4(7-1-6-3)8-2-9-5/h1-2,4-10,12,16,22H,3,11,13H2,(H,23,24)(H,25,26,27);1-2H. The maximum absolute atomic E-state index is 12.1. The number of benzene rings is 2. The van der Waals surface area contributed by atoms with E-state index >= 15 is 0 Å². The van der Waals surface area contributed by atoms with Crippen LogP contribution in [0.3, 0.4) is 0 Å². The average molecular weight is 527 g/mol. The Morgan fingerprint density at radius 2 is 1.76 bits per heavy atom. The molecule has 3 heterocycles. The van der Waals surface area contributed by atoms with Crippen molar-refractivity contribution >= 4 is 63.2 Å². The van der Waals surface area contributed by atoms with Crippen LogP contribution in [-0.4, -0.2) is 58.5 Å². The Morgan fingerprint density at radius 3 is 2.53 bits per heavy atom. The maximum atomic E-state index is 12.1. The average Bonchev–Trinajstić information content (AvgIpc) is 3.61. The van der Waals surface area contributed by atoms with E-state index in [-0.39, 0.29) is 17.5 Å². The van der Waals surface area contributed by atoms with Crippen molar-refractivity contribution < 1.29 is 17.8 Å². The summed E-state index contributed by atoms with van der Waals surface area (Å²) < 4.78 is 34.0. The number of rotatable bonds is 3. The van der Waals surface area contributed by atoms with Crippen LogP contribution in [0.1, 0.15) is 16.8 Å². The van der Waals surface area contributed by atoms with E-state index in [4.69, 9.17) is 0 Å². The molecular formula is C27H22N6O4S. The zero-order valence-corrected chi connectivity index (χ0v) is 20.8. The van der Waals surface area contributed by atoms with Crippen LogP contribution in [0, 0.1) is 5.92 Å². The molecular weight excluding hydrogens is 504 g/mol. The first-order valence-electron chi connectivity index (χ1n) is 12.0. The van der Waals surface area contributed by atoms with Crippen LogP contribution in [0.25, 0.3) is 22.9 Å². The summed E-state index contributed by atoms with van der Waals surface area (Å²) >= 11 is 0. The van der Waals surface area contributed by atoms with E-state index in [2.05, 4.69) is 66.6 Å². The zero-order valence-electron chi connectivity index (χ0n) is 20.0. The molecule has 190 valence electrons. The summed E-state index contributed by atoms with van der Waals surface area (Å²) in [5.74, 6) is -0.348. The fourth-order valence-corrected chi connectivity index (χ4v) is 6.21. The highest BCUT2D eigenvalue weighted by Gasteiger charge is 2.34. The molecule has 2 aliphatic heterocycles. The molecule has 0 fully saturated rings. The third-order valence-electron chi connectivity index (χ3n) is 7.00. The molecule has 2 aliphatic carbocycles. The highest BCUT2D eigenvalue weighted by Crippen LogP contribution is 2.26. The molecule has 1 amide bonds. The van der Waals surface area contributed by atoms with E-state index in [0.717, 1.165) is 28.3 Å². The van der Waals surface area contributed by atoms with E-state index in [1.54, 1.807) is 6.20 Å². The summed E-state index contributed by atoms with van der Waals surface area (Å²) in [4.78, 5) is 25.3. The molecule has 2 aromatic carbocycles. The molecule has 4 aliphatic rings. The Bertz CT molecular complexity index is 1840. The SMILES string of the molecule is O=C1N=CN=C2N=CN=C12.O=S(=O)(O)C1Cc2ccc3c4c(ccc3c2=CC1Cc1cc[nH]n1)CC=CC=4. The molecule has 2 atom stereocenters. The number of nitrogens with one attached hydrogen (secondary N) is 1. The van der Waals surface area contributed by atoms with Crippen LogP contribution < -0.4 is 10.4 Å². The normalized spacial score (nSPS) is 20.8. The van der Waals surface area contributed by atoms with E-state index in [1.165, 1.54) is 28.8 Å². The highest BCUT2D eigenvalue weighted by atomic mass is 32.2. The lowest BCUT2D eigenvalue weighted by molar-refractivity contribution is -0.111. The molecule has 2 unspecified atom stereocenters. The van der Waals surface area contributed by atoms with Gasteiger partial charge in [-0.3, -0.25) is 14.4 Å². The third-order valence-corrected chi connectivity index (χ3v) is 8.28. The predicted octanol–water partition coefficient (Wildman–Crippen LogP) is 1.34. The third kappa shape index (κ3) is 4.46. The Balaban J connectivity index is 0.000000221. The highest BCUT2D eigenvalue weighted by molar-refractivity contribution is 7.86. The molecule has 3 aromatic rings. The van der Waals surface area contributed by atoms with Gasteiger partial charge in [-0.25, -0.2) is 15.0 Å². The van der Waals surface area contributed by atoms with Gasteiger partial charge in [-0.1, -0.05) is 48.6 Å². The van der Waals surface area contributed by atoms with E-state index in [9.17, 15) is 17.8 Å².